The van der Waals surface area contributed by atoms with Crippen molar-refractivity contribution in [1.29, 1.82) is 0 Å². The molecule has 1 aromatic rings. The van der Waals surface area contributed by atoms with Gasteiger partial charge in [0.15, 0.2) is 0 Å². The van der Waals surface area contributed by atoms with Crippen LogP contribution >= 0.6 is 0 Å². The molecule has 3 heteroatoms. The Hall–Kier alpha value is -1.51. The number of nitrogens with one attached hydrogen (secondary N) is 2. The Balaban J connectivity index is 2.10. The molecule has 1 aliphatic heterocycles. The molecule has 1 atom stereocenters. The van der Waals surface area contributed by atoms with Gasteiger partial charge in [-0.05, 0) is 30.4 Å². The third-order valence-electron chi connectivity index (χ3n) is 3.43. The SMILES string of the molecule is CC(C)c1ccccc1NC1CCCNC(=O)C1. The second-order valence-electron chi connectivity index (χ2n) is 5.28. The summed E-state index contributed by atoms with van der Waals surface area (Å²) >= 11 is 0. The van der Waals surface area contributed by atoms with Crippen LogP contribution < -0.4 is 10.6 Å². The summed E-state index contributed by atoms with van der Waals surface area (Å²) in [6.45, 7) is 5.20. The minimum Gasteiger partial charge on any atom is -0.382 e. The molecule has 1 fully saturated rings. The second kappa shape index (κ2) is 5.89. The molecule has 98 valence electrons. The van der Waals surface area contributed by atoms with Gasteiger partial charge in [-0.25, -0.2) is 0 Å². The molecule has 0 aromatic heterocycles. The van der Waals surface area contributed by atoms with Crippen LogP contribution in [0, 0.1) is 0 Å². The summed E-state index contributed by atoms with van der Waals surface area (Å²) in [5.74, 6) is 0.653. The molecule has 1 unspecified atom stereocenters. The second-order valence-corrected chi connectivity index (χ2v) is 5.28. The first-order chi connectivity index (χ1) is 8.66. The van der Waals surface area contributed by atoms with Crippen molar-refractivity contribution in [3.8, 4) is 0 Å². The first kappa shape index (κ1) is 12.9. The molecule has 1 saturated heterocycles. The lowest BCUT2D eigenvalue weighted by molar-refractivity contribution is -0.120. The number of hydrogen-bond acceptors (Lipinski definition) is 2. The van der Waals surface area contributed by atoms with Crippen LogP contribution in [0.4, 0.5) is 5.69 Å². The number of benzene rings is 1. The molecule has 2 N–H and O–H groups in total. The van der Waals surface area contributed by atoms with Gasteiger partial charge in [0, 0.05) is 24.7 Å². The number of anilines is 1. The number of carbonyl (C=O) groups is 1. The standard InChI is InChI=1S/C15H22N2O/c1-11(2)13-7-3-4-8-14(13)17-12-6-5-9-16-15(18)10-12/h3-4,7-8,11-12,17H,5-6,9-10H2,1-2H3,(H,16,18). The van der Waals surface area contributed by atoms with Gasteiger partial charge in [0.05, 0.1) is 0 Å². The van der Waals surface area contributed by atoms with Gasteiger partial charge < -0.3 is 10.6 Å². The third kappa shape index (κ3) is 3.25. The summed E-state index contributed by atoms with van der Waals surface area (Å²) in [6.07, 6.45) is 2.67. The van der Waals surface area contributed by atoms with Crippen LogP contribution in [0.2, 0.25) is 0 Å². The molecule has 3 nitrogen and oxygen atoms in total. The highest BCUT2D eigenvalue weighted by Gasteiger charge is 2.18. The first-order valence-corrected chi connectivity index (χ1v) is 6.79. The van der Waals surface area contributed by atoms with E-state index in [0.717, 1.165) is 19.4 Å². The largest absolute Gasteiger partial charge is 0.382 e. The summed E-state index contributed by atoms with van der Waals surface area (Å²) in [5.41, 5.74) is 2.49. The van der Waals surface area contributed by atoms with E-state index in [9.17, 15) is 4.79 Å². The average molecular weight is 246 g/mol. The lowest BCUT2D eigenvalue weighted by Crippen LogP contribution is -2.27. The van der Waals surface area contributed by atoms with Crippen LogP contribution in [0.15, 0.2) is 24.3 Å². The Morgan fingerprint density at radius 2 is 2.11 bits per heavy atom. The highest BCUT2D eigenvalue weighted by atomic mass is 16.1. The fourth-order valence-corrected chi connectivity index (χ4v) is 2.45. The monoisotopic (exact) mass is 246 g/mol. The number of hydrogen-bond donors (Lipinski definition) is 2. The van der Waals surface area contributed by atoms with Gasteiger partial charge >= 0.3 is 0 Å². The maximum atomic E-state index is 11.6. The van der Waals surface area contributed by atoms with E-state index >= 15 is 0 Å². The van der Waals surface area contributed by atoms with Gasteiger partial charge in [-0.1, -0.05) is 32.0 Å². The Kier molecular flexibility index (Phi) is 4.24. The number of para-hydroxylation sites is 1. The Morgan fingerprint density at radius 1 is 1.33 bits per heavy atom. The Bertz CT molecular complexity index is 415. The number of rotatable bonds is 3. The van der Waals surface area contributed by atoms with E-state index in [-0.39, 0.29) is 11.9 Å². The smallest absolute Gasteiger partial charge is 0.222 e. The molecule has 2 rings (SSSR count). The molecule has 0 aliphatic carbocycles. The van der Waals surface area contributed by atoms with Gasteiger partial charge in [0.2, 0.25) is 5.91 Å². The van der Waals surface area contributed by atoms with Crippen LogP contribution in [0.1, 0.15) is 44.6 Å². The zero-order valence-electron chi connectivity index (χ0n) is 11.2. The Morgan fingerprint density at radius 3 is 2.89 bits per heavy atom. The third-order valence-corrected chi connectivity index (χ3v) is 3.43. The molecule has 18 heavy (non-hydrogen) atoms. The summed E-state index contributed by atoms with van der Waals surface area (Å²) in [7, 11) is 0. The molecule has 0 spiro atoms. The molecular weight excluding hydrogens is 224 g/mol. The van der Waals surface area contributed by atoms with Crippen molar-refractivity contribution in [2.75, 3.05) is 11.9 Å². The van der Waals surface area contributed by atoms with E-state index in [1.54, 1.807) is 0 Å². The van der Waals surface area contributed by atoms with Crippen LogP contribution in [-0.2, 0) is 4.79 Å². The van der Waals surface area contributed by atoms with E-state index in [4.69, 9.17) is 0 Å². The van der Waals surface area contributed by atoms with E-state index in [0.29, 0.717) is 12.3 Å². The van der Waals surface area contributed by atoms with Crippen molar-refractivity contribution in [2.45, 2.75) is 45.1 Å². The highest BCUT2D eigenvalue weighted by Crippen LogP contribution is 2.25. The van der Waals surface area contributed by atoms with Crippen molar-refractivity contribution in [3.05, 3.63) is 29.8 Å². The summed E-state index contributed by atoms with van der Waals surface area (Å²) < 4.78 is 0. The van der Waals surface area contributed by atoms with Crippen LogP contribution in [0.25, 0.3) is 0 Å². The molecule has 0 radical (unpaired) electrons. The zero-order chi connectivity index (χ0) is 13.0. The Labute approximate surface area is 109 Å². The van der Waals surface area contributed by atoms with Crippen LogP contribution in [-0.4, -0.2) is 18.5 Å². The lowest BCUT2D eigenvalue weighted by atomic mass is 10.00. The maximum Gasteiger partial charge on any atom is 0.222 e. The van der Waals surface area contributed by atoms with E-state index in [2.05, 4.69) is 42.7 Å². The maximum absolute atomic E-state index is 11.6. The highest BCUT2D eigenvalue weighted by molar-refractivity contribution is 5.77. The summed E-state index contributed by atoms with van der Waals surface area (Å²) in [4.78, 5) is 11.6. The van der Waals surface area contributed by atoms with Gasteiger partial charge in [-0.2, -0.15) is 0 Å². The fourth-order valence-electron chi connectivity index (χ4n) is 2.45. The van der Waals surface area contributed by atoms with E-state index in [1.807, 2.05) is 6.07 Å². The zero-order valence-corrected chi connectivity index (χ0v) is 11.2. The molecular formula is C15H22N2O. The average Bonchev–Trinajstić information content (AvgIpc) is 2.54. The first-order valence-electron chi connectivity index (χ1n) is 6.79. The molecule has 0 bridgehead atoms. The van der Waals surface area contributed by atoms with E-state index in [1.165, 1.54) is 11.3 Å². The van der Waals surface area contributed by atoms with Gasteiger partial charge in [0.25, 0.3) is 0 Å². The topological polar surface area (TPSA) is 41.1 Å². The van der Waals surface area contributed by atoms with Crippen LogP contribution in [0.5, 0.6) is 0 Å². The molecule has 1 amide bonds. The summed E-state index contributed by atoms with van der Waals surface area (Å²) in [5, 5.41) is 6.46. The quantitative estimate of drug-likeness (QED) is 0.861. The van der Waals surface area contributed by atoms with Gasteiger partial charge in [-0.3, -0.25) is 4.79 Å². The lowest BCUT2D eigenvalue weighted by Gasteiger charge is -2.20. The fraction of sp³-hybridized carbons (Fsp3) is 0.533. The van der Waals surface area contributed by atoms with Crippen molar-refractivity contribution < 1.29 is 4.79 Å². The predicted octanol–water partition coefficient (Wildman–Crippen LogP) is 2.89. The number of carbonyl (C=O) groups excluding carboxylic acids is 1. The molecule has 1 aromatic carbocycles. The normalized spacial score (nSPS) is 20.4. The molecule has 1 aliphatic rings. The van der Waals surface area contributed by atoms with Crippen molar-refractivity contribution in [3.63, 3.8) is 0 Å². The van der Waals surface area contributed by atoms with Gasteiger partial charge in [0.1, 0.15) is 0 Å². The minimum absolute atomic E-state index is 0.159. The minimum atomic E-state index is 0.159. The molecule has 0 saturated carbocycles. The van der Waals surface area contributed by atoms with Crippen molar-refractivity contribution in [2.24, 2.45) is 0 Å². The van der Waals surface area contributed by atoms with Crippen LogP contribution in [0.3, 0.4) is 0 Å². The van der Waals surface area contributed by atoms with Crippen molar-refractivity contribution in [1.82, 2.24) is 5.32 Å². The van der Waals surface area contributed by atoms with Gasteiger partial charge in [-0.15, -0.1) is 0 Å². The molecule has 1 heterocycles. The summed E-state index contributed by atoms with van der Waals surface area (Å²) in [6, 6.07) is 8.64. The van der Waals surface area contributed by atoms with Crippen molar-refractivity contribution >= 4 is 11.6 Å². The van der Waals surface area contributed by atoms with E-state index < -0.39 is 0 Å². The number of amides is 1. The predicted molar refractivity (Wildman–Crippen MR) is 74.8 cm³/mol.